The summed E-state index contributed by atoms with van der Waals surface area (Å²) in [5, 5.41) is 3.60. The van der Waals surface area contributed by atoms with E-state index in [0.717, 1.165) is 11.1 Å². The van der Waals surface area contributed by atoms with Crippen molar-refractivity contribution in [3.63, 3.8) is 0 Å². The molecule has 0 spiro atoms. The Morgan fingerprint density at radius 2 is 2.00 bits per heavy atom. The molecule has 21 heavy (non-hydrogen) atoms. The lowest BCUT2D eigenvalue weighted by Crippen LogP contribution is -2.43. The van der Waals surface area contributed by atoms with E-state index in [1.54, 1.807) is 12.1 Å². The summed E-state index contributed by atoms with van der Waals surface area (Å²) in [6.07, 6.45) is 8.90. The molecule has 0 fully saturated rings. The van der Waals surface area contributed by atoms with Crippen LogP contribution in [0.3, 0.4) is 0 Å². The summed E-state index contributed by atoms with van der Waals surface area (Å²) in [5.41, 5.74) is 7.12. The van der Waals surface area contributed by atoms with Gasteiger partial charge in [-0.25, -0.2) is 4.39 Å². The molecule has 0 amide bonds. The Hall–Kier alpha value is -2.09. The molecule has 1 aromatic carbocycles. The first-order valence-corrected chi connectivity index (χ1v) is 7.36. The molecule has 1 atom stereocenters. The van der Waals surface area contributed by atoms with E-state index in [-0.39, 0.29) is 11.4 Å². The Kier molecular flexibility index (Phi) is 2.39. The van der Waals surface area contributed by atoms with Crippen molar-refractivity contribution in [1.29, 1.82) is 0 Å². The molecule has 1 nitrogen and oxygen atoms in total. The van der Waals surface area contributed by atoms with Crippen molar-refractivity contribution >= 4 is 11.6 Å². The number of allylic oxidation sites excluding steroid dienone is 4. The van der Waals surface area contributed by atoms with Gasteiger partial charge >= 0.3 is 0 Å². The zero-order chi connectivity index (χ0) is 14.8. The highest BCUT2D eigenvalue weighted by molar-refractivity contribution is 5.98. The second kappa shape index (κ2) is 3.97. The summed E-state index contributed by atoms with van der Waals surface area (Å²) in [6.45, 7) is 6.55. The highest BCUT2D eigenvalue weighted by atomic mass is 19.1. The Balaban J connectivity index is 1.86. The van der Waals surface area contributed by atoms with Gasteiger partial charge in [0.05, 0.1) is 0 Å². The van der Waals surface area contributed by atoms with E-state index in [1.807, 2.05) is 6.07 Å². The standard InChI is InChI=1S/C19H18FN/c1-11-10-19(2,3)21-18-8-13-6-12-7-14(20)4-5-15(12)17(13)9-16(11)18/h4-10,16,21H,1-3H3. The summed E-state index contributed by atoms with van der Waals surface area (Å²) < 4.78 is 13.4. The molecule has 2 heteroatoms. The maximum atomic E-state index is 13.4. The minimum Gasteiger partial charge on any atom is -0.379 e. The largest absolute Gasteiger partial charge is 0.379 e. The summed E-state index contributed by atoms with van der Waals surface area (Å²) in [5.74, 6) is 0.131. The van der Waals surface area contributed by atoms with Crippen molar-refractivity contribution in [3.05, 3.63) is 70.2 Å². The predicted molar refractivity (Wildman–Crippen MR) is 84.9 cm³/mol. The van der Waals surface area contributed by atoms with Crippen molar-refractivity contribution in [2.45, 2.75) is 26.3 Å². The Morgan fingerprint density at radius 3 is 2.81 bits per heavy atom. The molecule has 0 saturated heterocycles. The topological polar surface area (TPSA) is 12.0 Å². The Bertz CT molecular complexity index is 775. The molecule has 0 bridgehead atoms. The molecule has 2 aliphatic carbocycles. The van der Waals surface area contributed by atoms with Gasteiger partial charge in [-0.2, -0.15) is 0 Å². The van der Waals surface area contributed by atoms with Gasteiger partial charge in [-0.05, 0) is 67.3 Å². The zero-order valence-corrected chi connectivity index (χ0v) is 12.5. The molecular formula is C19H18FN. The quantitative estimate of drug-likeness (QED) is 0.692. The number of fused-ring (bicyclic) bond motifs is 4. The van der Waals surface area contributed by atoms with Crippen LogP contribution in [0.5, 0.6) is 0 Å². The lowest BCUT2D eigenvalue weighted by atomic mass is 9.80. The van der Waals surface area contributed by atoms with Crippen molar-refractivity contribution < 1.29 is 4.39 Å². The Morgan fingerprint density at radius 1 is 1.19 bits per heavy atom. The maximum absolute atomic E-state index is 13.4. The molecule has 1 N–H and O–H groups in total. The van der Waals surface area contributed by atoms with E-state index in [2.05, 4.69) is 50.4 Å². The van der Waals surface area contributed by atoms with Crippen molar-refractivity contribution in [1.82, 2.24) is 5.32 Å². The van der Waals surface area contributed by atoms with Crippen LogP contribution in [0.4, 0.5) is 4.39 Å². The third-order valence-electron chi connectivity index (χ3n) is 4.45. The minimum atomic E-state index is -0.176. The van der Waals surface area contributed by atoms with Crippen molar-refractivity contribution in [2.75, 3.05) is 0 Å². The van der Waals surface area contributed by atoms with Gasteiger partial charge in [0.2, 0.25) is 0 Å². The van der Waals surface area contributed by atoms with Crippen LogP contribution < -0.4 is 5.32 Å². The zero-order valence-electron chi connectivity index (χ0n) is 12.5. The van der Waals surface area contributed by atoms with E-state index in [4.69, 9.17) is 0 Å². The average molecular weight is 279 g/mol. The molecule has 4 rings (SSSR count). The lowest BCUT2D eigenvalue weighted by molar-refractivity contribution is 0.477. The molecule has 1 heterocycles. The van der Waals surface area contributed by atoms with Gasteiger partial charge in [0.15, 0.2) is 0 Å². The van der Waals surface area contributed by atoms with Crippen LogP contribution in [0.25, 0.3) is 11.6 Å². The summed E-state index contributed by atoms with van der Waals surface area (Å²) in [4.78, 5) is 0. The van der Waals surface area contributed by atoms with Gasteiger partial charge in [0.1, 0.15) is 5.82 Å². The molecular weight excluding hydrogens is 261 g/mol. The third kappa shape index (κ3) is 1.90. The maximum Gasteiger partial charge on any atom is 0.123 e. The summed E-state index contributed by atoms with van der Waals surface area (Å²) in [6, 6.07) is 5.04. The average Bonchev–Trinajstić information content (AvgIpc) is 2.71. The predicted octanol–water partition coefficient (Wildman–Crippen LogP) is 4.45. The van der Waals surface area contributed by atoms with Crippen molar-refractivity contribution in [2.24, 2.45) is 5.92 Å². The van der Waals surface area contributed by atoms with Gasteiger partial charge in [-0.15, -0.1) is 0 Å². The number of hydrogen-bond acceptors (Lipinski definition) is 1. The SMILES string of the molecule is CC1=CC(C)(C)NC2=CC3=Cc4cc(F)ccc4C3=CC12. The molecule has 0 aromatic heterocycles. The Labute approximate surface area is 124 Å². The fourth-order valence-electron chi connectivity index (χ4n) is 3.68. The molecule has 1 aromatic rings. The fraction of sp³-hybridized carbons (Fsp3) is 0.263. The highest BCUT2D eigenvalue weighted by Crippen LogP contribution is 2.44. The number of hydrogen-bond donors (Lipinski definition) is 1. The van der Waals surface area contributed by atoms with Crippen LogP contribution in [-0.4, -0.2) is 5.54 Å². The van der Waals surface area contributed by atoms with Gasteiger partial charge in [0, 0.05) is 17.2 Å². The van der Waals surface area contributed by atoms with Gasteiger partial charge in [-0.1, -0.05) is 23.8 Å². The highest BCUT2D eigenvalue weighted by Gasteiger charge is 2.32. The van der Waals surface area contributed by atoms with Crippen molar-refractivity contribution in [3.8, 4) is 0 Å². The monoisotopic (exact) mass is 279 g/mol. The van der Waals surface area contributed by atoms with Gasteiger partial charge in [0.25, 0.3) is 0 Å². The number of benzene rings is 1. The molecule has 1 unspecified atom stereocenters. The van der Waals surface area contributed by atoms with E-state index in [0.29, 0.717) is 5.92 Å². The second-order valence-electron chi connectivity index (χ2n) is 6.72. The summed E-state index contributed by atoms with van der Waals surface area (Å²) >= 11 is 0. The molecule has 0 radical (unpaired) electrons. The first kappa shape index (κ1) is 12.6. The second-order valence-corrected chi connectivity index (χ2v) is 6.72. The normalized spacial score (nSPS) is 24.7. The van der Waals surface area contributed by atoms with Crippen LogP contribution in [0.15, 0.2) is 53.3 Å². The van der Waals surface area contributed by atoms with E-state index >= 15 is 0 Å². The van der Waals surface area contributed by atoms with E-state index in [1.165, 1.54) is 22.4 Å². The van der Waals surface area contributed by atoms with E-state index < -0.39 is 0 Å². The first-order valence-electron chi connectivity index (χ1n) is 7.36. The molecule has 0 saturated carbocycles. The number of nitrogens with one attached hydrogen (secondary N) is 1. The van der Waals surface area contributed by atoms with Crippen LogP contribution in [0.2, 0.25) is 0 Å². The van der Waals surface area contributed by atoms with Crippen LogP contribution >= 0.6 is 0 Å². The van der Waals surface area contributed by atoms with Crippen LogP contribution in [0, 0.1) is 11.7 Å². The van der Waals surface area contributed by atoms with E-state index in [9.17, 15) is 4.39 Å². The fourth-order valence-corrected chi connectivity index (χ4v) is 3.68. The number of halogens is 1. The molecule has 1 aliphatic heterocycles. The van der Waals surface area contributed by atoms with Crippen LogP contribution in [-0.2, 0) is 0 Å². The summed E-state index contributed by atoms with van der Waals surface area (Å²) in [7, 11) is 0. The molecule has 106 valence electrons. The number of rotatable bonds is 0. The van der Waals surface area contributed by atoms with Gasteiger partial charge in [-0.3, -0.25) is 0 Å². The lowest BCUT2D eigenvalue weighted by Gasteiger charge is -2.38. The molecule has 3 aliphatic rings. The first-order chi connectivity index (χ1) is 9.93. The smallest absolute Gasteiger partial charge is 0.123 e. The van der Waals surface area contributed by atoms with Gasteiger partial charge < -0.3 is 5.32 Å². The van der Waals surface area contributed by atoms with Crippen LogP contribution in [0.1, 0.15) is 31.9 Å². The third-order valence-corrected chi connectivity index (χ3v) is 4.45. The minimum absolute atomic E-state index is 0.0180.